The number of nitrogens with zero attached hydrogens (tertiary/aromatic N) is 1. The number of hydrogen-bond donors (Lipinski definition) is 1. The van der Waals surface area contributed by atoms with E-state index in [9.17, 15) is 9.18 Å². The Balaban J connectivity index is 2.28. The Labute approximate surface area is 125 Å². The van der Waals surface area contributed by atoms with Gasteiger partial charge in [0.2, 0.25) is 0 Å². The summed E-state index contributed by atoms with van der Waals surface area (Å²) in [6.07, 6.45) is 4.19. The number of nitrogens with two attached hydrogens (primary N) is 1. The summed E-state index contributed by atoms with van der Waals surface area (Å²) in [4.78, 5) is 14.4. The Morgan fingerprint density at radius 2 is 2.24 bits per heavy atom. The summed E-state index contributed by atoms with van der Waals surface area (Å²) in [5.74, 6) is 4.83. The molecule has 1 unspecified atom stereocenters. The Hall–Kier alpha value is -1.86. The van der Waals surface area contributed by atoms with Crippen LogP contribution in [0.1, 0.15) is 48.5 Å². The quantitative estimate of drug-likeness (QED) is 0.807. The smallest absolute Gasteiger partial charge is 0.257 e. The molecule has 1 aliphatic rings. The second kappa shape index (κ2) is 7.24. The van der Waals surface area contributed by atoms with E-state index in [1.165, 1.54) is 12.1 Å². The van der Waals surface area contributed by atoms with Crippen molar-refractivity contribution in [3.63, 3.8) is 0 Å². The molecule has 4 heteroatoms. The van der Waals surface area contributed by atoms with Crippen LogP contribution in [0.2, 0.25) is 0 Å². The average Bonchev–Trinajstić information content (AvgIpc) is 2.70. The van der Waals surface area contributed by atoms with E-state index in [2.05, 4.69) is 11.8 Å². The highest BCUT2D eigenvalue weighted by molar-refractivity contribution is 5.95. The van der Waals surface area contributed by atoms with Crippen LogP contribution in [0, 0.1) is 17.7 Å². The largest absolute Gasteiger partial charge is 0.336 e. The van der Waals surface area contributed by atoms with Crippen LogP contribution in [0.5, 0.6) is 0 Å². The van der Waals surface area contributed by atoms with Gasteiger partial charge in [-0.2, -0.15) is 0 Å². The Morgan fingerprint density at radius 3 is 3.00 bits per heavy atom. The molecule has 0 bridgehead atoms. The molecule has 1 amide bonds. The highest BCUT2D eigenvalue weighted by atomic mass is 19.1. The van der Waals surface area contributed by atoms with Crippen LogP contribution >= 0.6 is 0 Å². The van der Waals surface area contributed by atoms with Gasteiger partial charge in [0.05, 0.1) is 12.1 Å². The molecule has 0 spiro atoms. The van der Waals surface area contributed by atoms with Gasteiger partial charge >= 0.3 is 0 Å². The van der Waals surface area contributed by atoms with Gasteiger partial charge in [0.25, 0.3) is 5.91 Å². The summed E-state index contributed by atoms with van der Waals surface area (Å²) in [6.45, 7) is 2.96. The van der Waals surface area contributed by atoms with Gasteiger partial charge in [-0.25, -0.2) is 4.39 Å². The maximum atomic E-state index is 14.0. The summed E-state index contributed by atoms with van der Waals surface area (Å²) in [5.41, 5.74) is 6.06. The summed E-state index contributed by atoms with van der Waals surface area (Å²) < 4.78 is 14.0. The van der Waals surface area contributed by atoms with Crippen molar-refractivity contribution in [3.05, 3.63) is 35.1 Å². The minimum Gasteiger partial charge on any atom is -0.336 e. The van der Waals surface area contributed by atoms with Crippen LogP contribution in [0.25, 0.3) is 0 Å². The molecule has 1 saturated heterocycles. The van der Waals surface area contributed by atoms with Crippen LogP contribution in [0.4, 0.5) is 4.39 Å². The maximum Gasteiger partial charge on any atom is 0.257 e. The van der Waals surface area contributed by atoms with Gasteiger partial charge in [0.1, 0.15) is 5.82 Å². The van der Waals surface area contributed by atoms with E-state index in [-0.39, 0.29) is 24.1 Å². The predicted molar refractivity (Wildman–Crippen MR) is 81.3 cm³/mol. The number of carbonyl (C=O) groups is 1. The van der Waals surface area contributed by atoms with Gasteiger partial charge in [0, 0.05) is 18.2 Å². The molecule has 1 aliphatic heterocycles. The molecule has 0 saturated carbocycles. The first-order chi connectivity index (χ1) is 10.1. The molecular weight excluding hydrogens is 267 g/mol. The third kappa shape index (κ3) is 3.83. The third-order valence-electron chi connectivity index (χ3n) is 3.85. The van der Waals surface area contributed by atoms with E-state index in [0.717, 1.165) is 25.7 Å². The molecule has 1 fully saturated rings. The van der Waals surface area contributed by atoms with Crippen LogP contribution in [-0.4, -0.2) is 29.9 Å². The van der Waals surface area contributed by atoms with Crippen molar-refractivity contribution in [2.45, 2.75) is 38.6 Å². The standard InChI is InChI=1S/C17H21FN2O/c1-13-6-3-2-4-11-20(13)17(21)15-12-14(7-5-10-19)8-9-16(15)18/h8-9,12-13H,2-4,6,10-11,19H2,1H3. The minimum absolute atomic E-state index is 0.104. The molecule has 2 N–H and O–H groups in total. The zero-order chi connectivity index (χ0) is 15.2. The first-order valence-corrected chi connectivity index (χ1v) is 7.43. The fourth-order valence-electron chi connectivity index (χ4n) is 2.65. The molecular formula is C17H21FN2O. The van der Waals surface area contributed by atoms with Crippen molar-refractivity contribution in [2.24, 2.45) is 5.73 Å². The lowest BCUT2D eigenvalue weighted by Gasteiger charge is -2.27. The fourth-order valence-corrected chi connectivity index (χ4v) is 2.65. The summed E-state index contributed by atoms with van der Waals surface area (Å²) >= 11 is 0. The number of halogens is 1. The minimum atomic E-state index is -0.491. The zero-order valence-electron chi connectivity index (χ0n) is 12.4. The summed E-state index contributed by atoms with van der Waals surface area (Å²) in [7, 11) is 0. The Morgan fingerprint density at radius 1 is 1.43 bits per heavy atom. The third-order valence-corrected chi connectivity index (χ3v) is 3.85. The van der Waals surface area contributed by atoms with Gasteiger partial charge in [-0.3, -0.25) is 4.79 Å². The first-order valence-electron chi connectivity index (χ1n) is 7.43. The molecule has 3 nitrogen and oxygen atoms in total. The van der Waals surface area contributed by atoms with Crippen molar-refractivity contribution in [2.75, 3.05) is 13.1 Å². The number of carbonyl (C=O) groups excluding carboxylic acids is 1. The van der Waals surface area contributed by atoms with Crippen LogP contribution in [0.15, 0.2) is 18.2 Å². The lowest BCUT2D eigenvalue weighted by atomic mass is 10.1. The van der Waals surface area contributed by atoms with Crippen molar-refractivity contribution in [1.82, 2.24) is 4.90 Å². The van der Waals surface area contributed by atoms with E-state index in [1.807, 2.05) is 6.92 Å². The topological polar surface area (TPSA) is 46.3 Å². The normalized spacial score (nSPS) is 18.6. The molecule has 2 rings (SSSR count). The van der Waals surface area contributed by atoms with Crippen LogP contribution < -0.4 is 5.73 Å². The van der Waals surface area contributed by atoms with Gasteiger partial charge in [0.15, 0.2) is 0 Å². The highest BCUT2D eigenvalue weighted by Gasteiger charge is 2.25. The number of rotatable bonds is 1. The molecule has 1 aromatic carbocycles. The van der Waals surface area contributed by atoms with Gasteiger partial charge in [-0.05, 0) is 38.0 Å². The van der Waals surface area contributed by atoms with Crippen molar-refractivity contribution >= 4 is 5.91 Å². The molecule has 1 aromatic rings. The van der Waals surface area contributed by atoms with Gasteiger partial charge in [-0.1, -0.05) is 24.7 Å². The van der Waals surface area contributed by atoms with Crippen LogP contribution in [0.3, 0.4) is 0 Å². The molecule has 1 atom stereocenters. The Kier molecular flexibility index (Phi) is 5.35. The molecule has 0 aromatic heterocycles. The number of amides is 1. The van der Waals surface area contributed by atoms with Gasteiger partial charge < -0.3 is 10.6 Å². The zero-order valence-corrected chi connectivity index (χ0v) is 12.4. The van der Waals surface area contributed by atoms with Crippen molar-refractivity contribution in [3.8, 4) is 11.8 Å². The predicted octanol–water partition coefficient (Wildman–Crippen LogP) is 2.54. The van der Waals surface area contributed by atoms with E-state index in [0.29, 0.717) is 12.1 Å². The van der Waals surface area contributed by atoms with E-state index >= 15 is 0 Å². The summed E-state index contributed by atoms with van der Waals surface area (Å²) in [5, 5.41) is 0. The number of benzene rings is 1. The maximum absolute atomic E-state index is 14.0. The first kappa shape index (κ1) is 15.5. The van der Waals surface area contributed by atoms with E-state index in [4.69, 9.17) is 5.73 Å². The monoisotopic (exact) mass is 288 g/mol. The second-order valence-electron chi connectivity index (χ2n) is 5.40. The summed E-state index contributed by atoms with van der Waals surface area (Å²) in [6, 6.07) is 4.55. The molecule has 112 valence electrons. The van der Waals surface area contributed by atoms with Crippen LogP contribution in [-0.2, 0) is 0 Å². The number of hydrogen-bond acceptors (Lipinski definition) is 2. The average molecular weight is 288 g/mol. The molecule has 21 heavy (non-hydrogen) atoms. The van der Waals surface area contributed by atoms with Crippen molar-refractivity contribution < 1.29 is 9.18 Å². The lowest BCUT2D eigenvalue weighted by Crippen LogP contribution is -2.38. The fraction of sp³-hybridized carbons (Fsp3) is 0.471. The molecule has 0 aliphatic carbocycles. The number of likely N-dealkylation sites (tertiary alicyclic amines) is 1. The molecule has 0 radical (unpaired) electrons. The molecule has 1 heterocycles. The van der Waals surface area contributed by atoms with E-state index < -0.39 is 5.82 Å². The Bertz CT molecular complexity index is 574. The highest BCUT2D eigenvalue weighted by Crippen LogP contribution is 2.20. The van der Waals surface area contributed by atoms with E-state index in [1.54, 1.807) is 11.0 Å². The van der Waals surface area contributed by atoms with Crippen molar-refractivity contribution in [1.29, 1.82) is 0 Å². The van der Waals surface area contributed by atoms with Gasteiger partial charge in [-0.15, -0.1) is 0 Å². The second-order valence-corrected chi connectivity index (χ2v) is 5.40. The SMILES string of the molecule is CC1CCCCCN1C(=O)c1cc(C#CCN)ccc1F. The lowest BCUT2D eigenvalue weighted by molar-refractivity contribution is 0.0693.